The highest BCUT2D eigenvalue weighted by atomic mass is 35.5. The van der Waals surface area contributed by atoms with Gasteiger partial charge in [-0.15, -0.1) is 11.3 Å². The topological polar surface area (TPSA) is 128 Å². The number of nitrogens with two attached hydrogens (primary N) is 1. The van der Waals surface area contributed by atoms with Crippen molar-refractivity contribution in [2.45, 2.75) is 45.6 Å². The lowest BCUT2D eigenvalue weighted by molar-refractivity contribution is -0.150. The fourth-order valence-electron chi connectivity index (χ4n) is 3.63. The minimum Gasteiger partial charge on any atom is -0.454 e. The number of esters is 1. The molecule has 0 saturated heterocycles. The number of thiophene rings is 1. The van der Waals surface area contributed by atoms with E-state index in [4.69, 9.17) is 22.1 Å². The Morgan fingerprint density at radius 2 is 1.79 bits per heavy atom. The van der Waals surface area contributed by atoms with E-state index in [-0.39, 0.29) is 5.92 Å². The first kappa shape index (κ1) is 24.7. The van der Waals surface area contributed by atoms with E-state index in [0.29, 0.717) is 21.2 Å². The van der Waals surface area contributed by atoms with Gasteiger partial charge in [-0.3, -0.25) is 14.4 Å². The van der Waals surface area contributed by atoms with Crippen LogP contribution in [0.4, 0.5) is 5.00 Å². The standard InChI is InChI=1S/C23H26ClN3O5S/c1-12(2)19(27-21(30)13-7-9-14(24)10-8-13)23(31)32-11-17(28)26-22-18(20(25)29)15-5-3-4-6-16(15)33-22/h7-10,12,19H,3-6,11H2,1-2H3,(H2,25,29)(H,26,28)(H,27,30)/t19-/m0/s1. The van der Waals surface area contributed by atoms with Crippen LogP contribution < -0.4 is 16.4 Å². The Morgan fingerprint density at radius 1 is 1.12 bits per heavy atom. The zero-order valence-electron chi connectivity index (χ0n) is 18.4. The van der Waals surface area contributed by atoms with Crippen LogP contribution in [0.5, 0.6) is 0 Å². The van der Waals surface area contributed by atoms with Crippen LogP contribution in [0, 0.1) is 5.92 Å². The van der Waals surface area contributed by atoms with Gasteiger partial charge in [-0.2, -0.15) is 0 Å². The number of nitrogens with one attached hydrogen (secondary N) is 2. The van der Waals surface area contributed by atoms with Gasteiger partial charge < -0.3 is 21.1 Å². The SMILES string of the molecule is CC(C)[C@H](NC(=O)c1ccc(Cl)cc1)C(=O)OCC(=O)Nc1sc2c(c1C(N)=O)CCCC2. The van der Waals surface area contributed by atoms with Crippen LogP contribution in [0.15, 0.2) is 24.3 Å². The number of carbonyl (C=O) groups is 4. The summed E-state index contributed by atoms with van der Waals surface area (Å²) < 4.78 is 5.16. The molecule has 1 aromatic carbocycles. The van der Waals surface area contributed by atoms with Gasteiger partial charge in [0.2, 0.25) is 0 Å². The van der Waals surface area contributed by atoms with E-state index >= 15 is 0 Å². The van der Waals surface area contributed by atoms with E-state index in [1.165, 1.54) is 11.3 Å². The Balaban J connectivity index is 1.61. The molecule has 1 heterocycles. The molecule has 2 aromatic rings. The van der Waals surface area contributed by atoms with Crippen LogP contribution >= 0.6 is 22.9 Å². The van der Waals surface area contributed by atoms with Gasteiger partial charge in [0.25, 0.3) is 17.7 Å². The van der Waals surface area contributed by atoms with Crippen LogP contribution in [-0.2, 0) is 27.2 Å². The second-order valence-electron chi connectivity index (χ2n) is 8.14. The number of anilines is 1. The fourth-order valence-corrected chi connectivity index (χ4v) is 5.06. The second-order valence-corrected chi connectivity index (χ2v) is 9.68. The number of ether oxygens (including phenoxy) is 1. The number of amides is 3. The van der Waals surface area contributed by atoms with E-state index < -0.39 is 36.3 Å². The maximum absolute atomic E-state index is 12.6. The van der Waals surface area contributed by atoms with Crippen LogP contribution in [-0.4, -0.2) is 36.3 Å². The summed E-state index contributed by atoms with van der Waals surface area (Å²) in [6, 6.07) is 5.30. The quantitative estimate of drug-likeness (QED) is 0.488. The summed E-state index contributed by atoms with van der Waals surface area (Å²) in [5.74, 6) is -2.64. The number of fused-ring (bicyclic) bond motifs is 1. The molecule has 3 rings (SSSR count). The van der Waals surface area contributed by atoms with Crippen LogP contribution in [0.1, 0.15) is 57.8 Å². The molecule has 1 atom stereocenters. The summed E-state index contributed by atoms with van der Waals surface area (Å²) in [4.78, 5) is 50.5. The Kier molecular flexibility index (Phi) is 8.10. The van der Waals surface area contributed by atoms with Crippen molar-refractivity contribution in [3.63, 3.8) is 0 Å². The zero-order chi connectivity index (χ0) is 24.1. The van der Waals surface area contributed by atoms with Crippen molar-refractivity contribution in [3.05, 3.63) is 50.9 Å². The third-order valence-electron chi connectivity index (χ3n) is 5.33. The number of benzene rings is 1. The van der Waals surface area contributed by atoms with Gasteiger partial charge >= 0.3 is 5.97 Å². The van der Waals surface area contributed by atoms with Gasteiger partial charge in [-0.05, 0) is 61.4 Å². The van der Waals surface area contributed by atoms with Crippen molar-refractivity contribution in [1.29, 1.82) is 0 Å². The average molecular weight is 492 g/mol. The summed E-state index contributed by atoms with van der Waals surface area (Å²) in [7, 11) is 0. The molecule has 10 heteroatoms. The number of hydrogen-bond acceptors (Lipinski definition) is 6. The minimum atomic E-state index is -0.948. The molecule has 0 unspecified atom stereocenters. The highest BCUT2D eigenvalue weighted by Crippen LogP contribution is 2.37. The van der Waals surface area contributed by atoms with Crippen molar-refractivity contribution >= 4 is 51.6 Å². The van der Waals surface area contributed by atoms with E-state index in [9.17, 15) is 19.2 Å². The maximum Gasteiger partial charge on any atom is 0.329 e. The molecule has 8 nitrogen and oxygen atoms in total. The number of carbonyl (C=O) groups excluding carboxylic acids is 4. The smallest absolute Gasteiger partial charge is 0.329 e. The third-order valence-corrected chi connectivity index (χ3v) is 6.79. The molecule has 0 spiro atoms. The van der Waals surface area contributed by atoms with Crippen LogP contribution in [0.25, 0.3) is 0 Å². The molecule has 0 bridgehead atoms. The number of halogens is 1. The first-order valence-corrected chi connectivity index (χ1v) is 11.8. The molecule has 0 saturated carbocycles. The second kappa shape index (κ2) is 10.8. The highest BCUT2D eigenvalue weighted by molar-refractivity contribution is 7.17. The van der Waals surface area contributed by atoms with E-state index in [2.05, 4.69) is 10.6 Å². The Hall–Kier alpha value is -2.91. The highest BCUT2D eigenvalue weighted by Gasteiger charge is 2.28. The first-order chi connectivity index (χ1) is 15.7. The normalized spacial score (nSPS) is 13.7. The molecule has 1 aliphatic carbocycles. The number of aryl methyl sites for hydroxylation is 1. The fraction of sp³-hybridized carbons (Fsp3) is 0.391. The van der Waals surface area contributed by atoms with Crippen LogP contribution in [0.2, 0.25) is 5.02 Å². The first-order valence-electron chi connectivity index (χ1n) is 10.6. The van der Waals surface area contributed by atoms with Crippen molar-refractivity contribution < 1.29 is 23.9 Å². The largest absolute Gasteiger partial charge is 0.454 e. The summed E-state index contributed by atoms with van der Waals surface area (Å²) in [5.41, 5.74) is 7.12. The predicted octanol–water partition coefficient (Wildman–Crippen LogP) is 3.32. The molecule has 3 amide bonds. The molecular weight excluding hydrogens is 466 g/mol. The molecule has 0 aliphatic heterocycles. The number of hydrogen-bond donors (Lipinski definition) is 3. The van der Waals surface area contributed by atoms with Gasteiger partial charge in [0.1, 0.15) is 11.0 Å². The van der Waals surface area contributed by atoms with Crippen molar-refractivity contribution in [2.75, 3.05) is 11.9 Å². The zero-order valence-corrected chi connectivity index (χ0v) is 20.0. The molecule has 0 radical (unpaired) electrons. The summed E-state index contributed by atoms with van der Waals surface area (Å²) in [6.45, 7) is 2.95. The van der Waals surface area contributed by atoms with Crippen molar-refractivity contribution in [3.8, 4) is 0 Å². The van der Waals surface area contributed by atoms with E-state index in [1.807, 2.05) is 0 Å². The molecule has 1 aliphatic rings. The molecule has 176 valence electrons. The Morgan fingerprint density at radius 3 is 2.42 bits per heavy atom. The van der Waals surface area contributed by atoms with E-state index in [0.717, 1.165) is 36.1 Å². The molecule has 0 fully saturated rings. The number of primary amides is 1. The van der Waals surface area contributed by atoms with Gasteiger partial charge in [-0.25, -0.2) is 4.79 Å². The van der Waals surface area contributed by atoms with Gasteiger partial charge in [-0.1, -0.05) is 25.4 Å². The molecule has 4 N–H and O–H groups in total. The Labute approximate surface area is 200 Å². The van der Waals surface area contributed by atoms with Gasteiger partial charge in [0.05, 0.1) is 5.56 Å². The predicted molar refractivity (Wildman–Crippen MR) is 127 cm³/mol. The molecule has 33 heavy (non-hydrogen) atoms. The Bertz CT molecular complexity index is 1060. The molecule has 1 aromatic heterocycles. The van der Waals surface area contributed by atoms with E-state index in [1.54, 1.807) is 38.1 Å². The summed E-state index contributed by atoms with van der Waals surface area (Å²) >= 11 is 7.17. The minimum absolute atomic E-state index is 0.276. The molecular formula is C23H26ClN3O5S. The number of rotatable bonds is 8. The van der Waals surface area contributed by atoms with Crippen molar-refractivity contribution in [2.24, 2.45) is 11.7 Å². The third kappa shape index (κ3) is 6.11. The lowest BCUT2D eigenvalue weighted by Gasteiger charge is -2.20. The summed E-state index contributed by atoms with van der Waals surface area (Å²) in [6.07, 6.45) is 3.58. The van der Waals surface area contributed by atoms with Crippen LogP contribution in [0.3, 0.4) is 0 Å². The van der Waals surface area contributed by atoms with Crippen molar-refractivity contribution in [1.82, 2.24) is 5.32 Å². The van der Waals surface area contributed by atoms with Gasteiger partial charge in [0, 0.05) is 15.5 Å². The maximum atomic E-state index is 12.6. The van der Waals surface area contributed by atoms with Gasteiger partial charge in [0.15, 0.2) is 6.61 Å². The monoisotopic (exact) mass is 491 g/mol. The average Bonchev–Trinajstić information content (AvgIpc) is 3.13. The summed E-state index contributed by atoms with van der Waals surface area (Å²) in [5, 5.41) is 6.15. The lowest BCUT2D eigenvalue weighted by atomic mass is 9.95. The lowest BCUT2D eigenvalue weighted by Crippen LogP contribution is -2.45.